The van der Waals surface area contributed by atoms with Crippen LogP contribution in [0, 0.1) is 10.8 Å². The molecule has 2 fully saturated rings. The summed E-state index contributed by atoms with van der Waals surface area (Å²) in [5.41, 5.74) is 5.95. The number of nitrogens with zero attached hydrogens (tertiary/aromatic N) is 1. The van der Waals surface area contributed by atoms with Gasteiger partial charge in [-0.05, 0) is 24.7 Å². The predicted octanol–water partition coefficient (Wildman–Crippen LogP) is 2.19. The molecule has 0 radical (unpaired) electrons. The van der Waals surface area contributed by atoms with Crippen molar-refractivity contribution in [1.82, 2.24) is 4.90 Å². The zero-order chi connectivity index (χ0) is 11.8. The highest BCUT2D eigenvalue weighted by molar-refractivity contribution is 5.85. The Morgan fingerprint density at radius 2 is 1.82 bits per heavy atom. The molecule has 1 amide bonds. The van der Waals surface area contributed by atoms with Crippen molar-refractivity contribution in [2.24, 2.45) is 16.6 Å². The van der Waals surface area contributed by atoms with Crippen molar-refractivity contribution >= 4 is 18.3 Å². The molecule has 0 unspecified atom stereocenters. The lowest BCUT2D eigenvalue weighted by atomic mass is 9.84. The average Bonchev–Trinajstić information content (AvgIpc) is 2.84. The Labute approximate surface area is 111 Å². The molecule has 0 aromatic rings. The largest absolute Gasteiger partial charge is 0.342 e. The fourth-order valence-electron chi connectivity index (χ4n) is 3.18. The summed E-state index contributed by atoms with van der Waals surface area (Å²) in [4.78, 5) is 14.6. The first-order valence-electron chi connectivity index (χ1n) is 6.49. The maximum atomic E-state index is 12.5. The lowest BCUT2D eigenvalue weighted by Gasteiger charge is -2.31. The van der Waals surface area contributed by atoms with Crippen LogP contribution >= 0.6 is 12.4 Å². The Balaban J connectivity index is 0.00000144. The number of hydrogen-bond acceptors (Lipinski definition) is 2. The Hall–Kier alpha value is -0.280. The minimum Gasteiger partial charge on any atom is -0.342 e. The van der Waals surface area contributed by atoms with E-state index in [0.29, 0.717) is 17.9 Å². The molecule has 0 aromatic carbocycles. The smallest absolute Gasteiger partial charge is 0.230 e. The van der Waals surface area contributed by atoms with Gasteiger partial charge in [-0.15, -0.1) is 12.4 Å². The monoisotopic (exact) mass is 260 g/mol. The van der Waals surface area contributed by atoms with Crippen LogP contribution in [-0.2, 0) is 4.79 Å². The fourth-order valence-corrected chi connectivity index (χ4v) is 3.18. The van der Waals surface area contributed by atoms with E-state index in [1.807, 2.05) is 0 Å². The molecule has 4 heteroatoms. The predicted molar refractivity (Wildman–Crippen MR) is 72.2 cm³/mol. The molecule has 3 nitrogen and oxygen atoms in total. The highest BCUT2D eigenvalue weighted by Crippen LogP contribution is 2.41. The van der Waals surface area contributed by atoms with Gasteiger partial charge in [-0.2, -0.15) is 0 Å². The highest BCUT2D eigenvalue weighted by Gasteiger charge is 2.44. The van der Waals surface area contributed by atoms with Crippen LogP contribution in [0.2, 0.25) is 0 Å². The minimum absolute atomic E-state index is 0. The van der Waals surface area contributed by atoms with Crippen LogP contribution in [-0.4, -0.2) is 30.4 Å². The van der Waals surface area contributed by atoms with Crippen LogP contribution < -0.4 is 5.73 Å². The number of rotatable bonds is 2. The second kappa shape index (κ2) is 5.15. The molecule has 17 heavy (non-hydrogen) atoms. The van der Waals surface area contributed by atoms with Crippen LogP contribution in [0.5, 0.6) is 0 Å². The van der Waals surface area contributed by atoms with Crippen molar-refractivity contribution < 1.29 is 4.79 Å². The van der Waals surface area contributed by atoms with Crippen LogP contribution in [0.3, 0.4) is 0 Å². The molecule has 2 aliphatic rings. The van der Waals surface area contributed by atoms with Gasteiger partial charge in [0.15, 0.2) is 0 Å². The van der Waals surface area contributed by atoms with E-state index in [-0.39, 0.29) is 17.8 Å². The van der Waals surface area contributed by atoms with Gasteiger partial charge in [0.2, 0.25) is 5.91 Å². The average molecular weight is 261 g/mol. The number of hydrogen-bond donors (Lipinski definition) is 1. The molecule has 0 aromatic heterocycles. The van der Waals surface area contributed by atoms with E-state index in [9.17, 15) is 4.79 Å². The molecule has 2 N–H and O–H groups in total. The van der Waals surface area contributed by atoms with Crippen molar-refractivity contribution in [3.05, 3.63) is 0 Å². The lowest BCUT2D eigenvalue weighted by Crippen LogP contribution is -2.46. The number of amides is 1. The molecule has 0 spiro atoms. The first-order valence-corrected chi connectivity index (χ1v) is 6.49. The molecule has 0 atom stereocenters. The summed E-state index contributed by atoms with van der Waals surface area (Å²) in [6.45, 7) is 6.85. The maximum absolute atomic E-state index is 12.5. The van der Waals surface area contributed by atoms with E-state index in [0.717, 1.165) is 32.4 Å². The van der Waals surface area contributed by atoms with Crippen molar-refractivity contribution in [3.63, 3.8) is 0 Å². The summed E-state index contributed by atoms with van der Waals surface area (Å²) in [6, 6.07) is 0. The quantitative estimate of drug-likeness (QED) is 0.827. The highest BCUT2D eigenvalue weighted by atomic mass is 35.5. The summed E-state index contributed by atoms with van der Waals surface area (Å²) in [5.74, 6) is 0.332. The number of carbonyl (C=O) groups excluding carboxylic acids is 1. The van der Waals surface area contributed by atoms with Crippen molar-refractivity contribution in [2.45, 2.75) is 46.0 Å². The van der Waals surface area contributed by atoms with E-state index in [1.165, 1.54) is 12.8 Å². The summed E-state index contributed by atoms with van der Waals surface area (Å²) in [7, 11) is 0. The van der Waals surface area contributed by atoms with E-state index in [1.54, 1.807) is 0 Å². The van der Waals surface area contributed by atoms with Crippen molar-refractivity contribution in [1.29, 1.82) is 0 Å². The van der Waals surface area contributed by atoms with Gasteiger partial charge in [0, 0.05) is 19.6 Å². The normalized spacial score (nSPS) is 25.7. The molecular weight excluding hydrogens is 236 g/mol. The van der Waals surface area contributed by atoms with Crippen LogP contribution in [0.4, 0.5) is 0 Å². The van der Waals surface area contributed by atoms with Gasteiger partial charge < -0.3 is 10.6 Å². The van der Waals surface area contributed by atoms with Gasteiger partial charge in [0.1, 0.15) is 0 Å². The summed E-state index contributed by atoms with van der Waals surface area (Å²) >= 11 is 0. The van der Waals surface area contributed by atoms with E-state index >= 15 is 0 Å². The first kappa shape index (κ1) is 14.8. The van der Waals surface area contributed by atoms with Gasteiger partial charge in [-0.25, -0.2) is 0 Å². The van der Waals surface area contributed by atoms with E-state index in [2.05, 4.69) is 18.7 Å². The third kappa shape index (κ3) is 2.76. The third-order valence-corrected chi connectivity index (χ3v) is 4.37. The zero-order valence-electron chi connectivity index (χ0n) is 11.0. The topological polar surface area (TPSA) is 46.3 Å². The zero-order valence-corrected chi connectivity index (χ0v) is 11.8. The Morgan fingerprint density at radius 3 is 2.24 bits per heavy atom. The molecule has 1 saturated carbocycles. The van der Waals surface area contributed by atoms with E-state index < -0.39 is 0 Å². The Bertz CT molecular complexity index is 285. The molecule has 100 valence electrons. The van der Waals surface area contributed by atoms with Gasteiger partial charge in [-0.1, -0.05) is 26.7 Å². The summed E-state index contributed by atoms with van der Waals surface area (Å²) in [6.07, 6.45) is 5.46. The molecule has 1 aliphatic carbocycles. The maximum Gasteiger partial charge on any atom is 0.230 e. The first-order chi connectivity index (χ1) is 7.49. The standard InChI is InChI=1S/C13H24N2O.ClH/c1-12(2)7-8-15(10-12)11(16)13(9-14)5-3-4-6-13;/h3-10,14H2,1-2H3;1H. The molecule has 1 saturated heterocycles. The van der Waals surface area contributed by atoms with Crippen LogP contribution in [0.15, 0.2) is 0 Å². The van der Waals surface area contributed by atoms with Gasteiger partial charge >= 0.3 is 0 Å². The number of carbonyl (C=O) groups is 1. The lowest BCUT2D eigenvalue weighted by molar-refractivity contribution is -0.140. The van der Waals surface area contributed by atoms with Crippen molar-refractivity contribution in [3.8, 4) is 0 Å². The molecule has 2 rings (SSSR count). The van der Waals surface area contributed by atoms with Crippen molar-refractivity contribution in [2.75, 3.05) is 19.6 Å². The van der Waals surface area contributed by atoms with Gasteiger partial charge in [0.05, 0.1) is 5.41 Å². The number of halogens is 1. The second-order valence-electron chi connectivity index (χ2n) is 6.33. The third-order valence-electron chi connectivity index (χ3n) is 4.37. The molecule has 1 heterocycles. The van der Waals surface area contributed by atoms with Gasteiger partial charge in [-0.3, -0.25) is 4.79 Å². The molecule has 0 bridgehead atoms. The van der Waals surface area contributed by atoms with Crippen LogP contribution in [0.1, 0.15) is 46.0 Å². The Kier molecular flexibility index (Phi) is 4.48. The van der Waals surface area contributed by atoms with Crippen LogP contribution in [0.25, 0.3) is 0 Å². The summed E-state index contributed by atoms with van der Waals surface area (Å²) < 4.78 is 0. The Morgan fingerprint density at radius 1 is 1.24 bits per heavy atom. The summed E-state index contributed by atoms with van der Waals surface area (Å²) in [5, 5.41) is 0. The van der Waals surface area contributed by atoms with Gasteiger partial charge in [0.25, 0.3) is 0 Å². The fraction of sp³-hybridized carbons (Fsp3) is 0.923. The van der Waals surface area contributed by atoms with E-state index in [4.69, 9.17) is 5.73 Å². The number of likely N-dealkylation sites (tertiary alicyclic amines) is 1. The molecular formula is C13H25ClN2O. The molecule has 1 aliphatic heterocycles. The second-order valence-corrected chi connectivity index (χ2v) is 6.33. The SMILES string of the molecule is CC1(C)CCN(C(=O)C2(CN)CCCC2)C1.Cl. The minimum atomic E-state index is -0.208. The number of nitrogens with two attached hydrogens (primary N) is 1.